The SMILES string of the molecule is COc1ccc(S(=O)(=O)N(C)CC(N)=NO)cc1. The van der Waals surface area contributed by atoms with Crippen molar-refractivity contribution in [1.82, 2.24) is 4.31 Å². The average Bonchev–Trinajstić information content (AvgIpc) is 2.38. The van der Waals surface area contributed by atoms with E-state index >= 15 is 0 Å². The molecular weight excluding hydrogens is 258 g/mol. The molecule has 7 nitrogen and oxygen atoms in total. The molecule has 18 heavy (non-hydrogen) atoms. The first kappa shape index (κ1) is 14.3. The quantitative estimate of drug-likeness (QED) is 0.341. The molecule has 0 unspecified atom stereocenters. The van der Waals surface area contributed by atoms with Gasteiger partial charge in [-0.3, -0.25) is 0 Å². The Morgan fingerprint density at radius 3 is 2.44 bits per heavy atom. The summed E-state index contributed by atoms with van der Waals surface area (Å²) in [4.78, 5) is 0.108. The number of nitrogens with two attached hydrogens (primary N) is 1. The lowest BCUT2D eigenvalue weighted by Gasteiger charge is -2.16. The van der Waals surface area contributed by atoms with Crippen LogP contribution in [-0.4, -0.2) is 44.5 Å². The maximum Gasteiger partial charge on any atom is 0.243 e. The largest absolute Gasteiger partial charge is 0.497 e. The third kappa shape index (κ3) is 3.11. The van der Waals surface area contributed by atoms with Gasteiger partial charge in [-0.1, -0.05) is 5.16 Å². The number of amidine groups is 1. The van der Waals surface area contributed by atoms with Crippen molar-refractivity contribution in [2.45, 2.75) is 4.90 Å². The molecule has 0 aliphatic carbocycles. The molecule has 1 rings (SSSR count). The van der Waals surface area contributed by atoms with Gasteiger partial charge in [0.05, 0.1) is 18.6 Å². The number of nitrogens with zero attached hydrogens (tertiary/aromatic N) is 2. The standard InChI is InChI=1S/C10H15N3O4S/c1-13(7-10(11)12-14)18(15,16)9-5-3-8(17-2)4-6-9/h3-6,14H,7H2,1-2H3,(H2,11,12). The topological polar surface area (TPSA) is 105 Å². The summed E-state index contributed by atoms with van der Waals surface area (Å²) in [5.41, 5.74) is 5.27. The summed E-state index contributed by atoms with van der Waals surface area (Å²) >= 11 is 0. The minimum absolute atomic E-state index is 0.108. The number of hydrogen-bond donors (Lipinski definition) is 2. The van der Waals surface area contributed by atoms with Crippen molar-refractivity contribution < 1.29 is 18.4 Å². The van der Waals surface area contributed by atoms with Gasteiger partial charge in [0.1, 0.15) is 5.75 Å². The summed E-state index contributed by atoms with van der Waals surface area (Å²) in [5, 5.41) is 11.1. The number of sulfonamides is 1. The summed E-state index contributed by atoms with van der Waals surface area (Å²) in [6, 6.07) is 5.95. The Hall–Kier alpha value is -1.80. The van der Waals surface area contributed by atoms with Crippen LogP contribution in [0.25, 0.3) is 0 Å². The first-order valence-corrected chi connectivity index (χ1v) is 6.42. The molecule has 0 saturated heterocycles. The molecule has 1 aromatic rings. The van der Waals surface area contributed by atoms with E-state index in [9.17, 15) is 8.42 Å². The van der Waals surface area contributed by atoms with Crippen LogP contribution in [0.3, 0.4) is 0 Å². The van der Waals surface area contributed by atoms with E-state index in [2.05, 4.69) is 5.16 Å². The van der Waals surface area contributed by atoms with Gasteiger partial charge >= 0.3 is 0 Å². The maximum absolute atomic E-state index is 12.1. The lowest BCUT2D eigenvalue weighted by Crippen LogP contribution is -2.35. The van der Waals surface area contributed by atoms with Crippen LogP contribution < -0.4 is 10.5 Å². The monoisotopic (exact) mass is 273 g/mol. The van der Waals surface area contributed by atoms with Crippen LogP contribution in [0.1, 0.15) is 0 Å². The Kier molecular flexibility index (Phi) is 4.51. The molecule has 3 N–H and O–H groups in total. The van der Waals surface area contributed by atoms with Gasteiger partial charge in [0.2, 0.25) is 10.0 Å². The summed E-state index contributed by atoms with van der Waals surface area (Å²) in [7, 11) is -0.824. The highest BCUT2D eigenvalue weighted by Gasteiger charge is 2.21. The minimum Gasteiger partial charge on any atom is -0.497 e. The van der Waals surface area contributed by atoms with Gasteiger partial charge < -0.3 is 15.7 Å². The Labute approximate surface area is 106 Å². The fourth-order valence-electron chi connectivity index (χ4n) is 1.27. The third-order valence-corrected chi connectivity index (χ3v) is 4.10. The summed E-state index contributed by atoms with van der Waals surface area (Å²) in [5.74, 6) is 0.377. The van der Waals surface area contributed by atoms with Crippen LogP contribution in [0.2, 0.25) is 0 Å². The van der Waals surface area contributed by atoms with Crippen molar-refractivity contribution >= 4 is 15.9 Å². The zero-order valence-corrected chi connectivity index (χ0v) is 10.9. The smallest absolute Gasteiger partial charge is 0.243 e. The van der Waals surface area contributed by atoms with Crippen molar-refractivity contribution in [2.75, 3.05) is 20.7 Å². The highest BCUT2D eigenvalue weighted by atomic mass is 32.2. The van der Waals surface area contributed by atoms with E-state index in [0.29, 0.717) is 5.75 Å². The van der Waals surface area contributed by atoms with Crippen LogP contribution in [-0.2, 0) is 10.0 Å². The molecule has 0 heterocycles. The molecule has 0 aromatic heterocycles. The Morgan fingerprint density at radius 2 is 2.00 bits per heavy atom. The van der Waals surface area contributed by atoms with Crippen molar-refractivity contribution in [3.05, 3.63) is 24.3 Å². The second kappa shape index (κ2) is 5.69. The van der Waals surface area contributed by atoms with E-state index in [-0.39, 0.29) is 17.3 Å². The molecule has 0 spiro atoms. The van der Waals surface area contributed by atoms with Crippen LogP contribution in [0.4, 0.5) is 0 Å². The fourth-order valence-corrected chi connectivity index (χ4v) is 2.41. The van der Waals surface area contributed by atoms with Crippen molar-refractivity contribution in [1.29, 1.82) is 0 Å². The number of likely N-dealkylation sites (N-methyl/N-ethyl adjacent to an activating group) is 1. The Balaban J connectivity index is 2.98. The molecule has 0 radical (unpaired) electrons. The van der Waals surface area contributed by atoms with E-state index < -0.39 is 10.0 Å². The van der Waals surface area contributed by atoms with Gasteiger partial charge in [-0.2, -0.15) is 4.31 Å². The van der Waals surface area contributed by atoms with Gasteiger partial charge in [-0.25, -0.2) is 8.42 Å². The van der Waals surface area contributed by atoms with Crippen LogP contribution in [0.5, 0.6) is 5.75 Å². The van der Waals surface area contributed by atoms with Crippen molar-refractivity contribution in [3.63, 3.8) is 0 Å². The number of benzene rings is 1. The molecule has 0 fully saturated rings. The number of ether oxygens (including phenoxy) is 1. The van der Waals surface area contributed by atoms with Gasteiger partial charge in [-0.15, -0.1) is 0 Å². The van der Waals surface area contributed by atoms with Gasteiger partial charge in [-0.05, 0) is 24.3 Å². The minimum atomic E-state index is -3.66. The van der Waals surface area contributed by atoms with E-state index in [1.54, 1.807) is 12.1 Å². The second-order valence-corrected chi connectivity index (χ2v) is 5.57. The predicted molar refractivity (Wildman–Crippen MR) is 66.2 cm³/mol. The third-order valence-electron chi connectivity index (χ3n) is 2.28. The zero-order valence-electron chi connectivity index (χ0n) is 10.1. The normalized spacial score (nSPS) is 12.7. The molecule has 0 atom stereocenters. The molecule has 8 heteroatoms. The molecule has 0 aliphatic heterocycles. The Bertz CT molecular complexity index is 525. The van der Waals surface area contributed by atoms with E-state index in [0.717, 1.165) is 4.31 Å². The predicted octanol–water partition coefficient (Wildman–Crippen LogP) is 0.0621. The first-order valence-electron chi connectivity index (χ1n) is 4.98. The fraction of sp³-hybridized carbons (Fsp3) is 0.300. The number of oxime groups is 1. The van der Waals surface area contributed by atoms with E-state index in [1.165, 1.54) is 26.3 Å². The summed E-state index contributed by atoms with van der Waals surface area (Å²) in [6.45, 7) is -0.190. The zero-order chi connectivity index (χ0) is 13.8. The summed E-state index contributed by atoms with van der Waals surface area (Å²) in [6.07, 6.45) is 0. The van der Waals surface area contributed by atoms with E-state index in [4.69, 9.17) is 15.7 Å². The van der Waals surface area contributed by atoms with Crippen LogP contribution in [0, 0.1) is 0 Å². The van der Waals surface area contributed by atoms with Gasteiger partial charge in [0.25, 0.3) is 0 Å². The van der Waals surface area contributed by atoms with Crippen molar-refractivity contribution in [3.8, 4) is 5.75 Å². The molecular formula is C10H15N3O4S. The van der Waals surface area contributed by atoms with Crippen LogP contribution in [0.15, 0.2) is 34.3 Å². The molecule has 0 bridgehead atoms. The highest BCUT2D eigenvalue weighted by Crippen LogP contribution is 2.18. The highest BCUT2D eigenvalue weighted by molar-refractivity contribution is 7.89. The maximum atomic E-state index is 12.1. The number of methoxy groups -OCH3 is 1. The lowest BCUT2D eigenvalue weighted by atomic mass is 10.3. The lowest BCUT2D eigenvalue weighted by molar-refractivity contribution is 0.315. The number of rotatable bonds is 5. The van der Waals surface area contributed by atoms with Crippen molar-refractivity contribution in [2.24, 2.45) is 10.9 Å². The van der Waals surface area contributed by atoms with Gasteiger partial charge in [0, 0.05) is 7.05 Å². The molecule has 100 valence electrons. The molecule has 0 aliphatic rings. The summed E-state index contributed by atoms with van der Waals surface area (Å²) < 4.78 is 30.1. The molecule has 0 amide bonds. The van der Waals surface area contributed by atoms with Crippen LogP contribution >= 0.6 is 0 Å². The second-order valence-electron chi connectivity index (χ2n) is 3.53. The molecule has 0 saturated carbocycles. The van der Waals surface area contributed by atoms with Gasteiger partial charge in [0.15, 0.2) is 5.84 Å². The molecule has 1 aromatic carbocycles. The first-order chi connectivity index (χ1) is 8.41. The average molecular weight is 273 g/mol. The number of hydrogen-bond acceptors (Lipinski definition) is 5. The Morgan fingerprint density at radius 1 is 1.44 bits per heavy atom. The van der Waals surface area contributed by atoms with E-state index in [1.807, 2.05) is 0 Å².